The number of nitrogens with zero attached hydrogens (tertiary/aromatic N) is 1. The van der Waals surface area contributed by atoms with Gasteiger partial charge in [0.2, 0.25) is 5.91 Å². The van der Waals surface area contributed by atoms with Crippen molar-refractivity contribution in [2.45, 2.75) is 6.42 Å². The van der Waals surface area contributed by atoms with E-state index in [2.05, 4.69) is 10.6 Å². The van der Waals surface area contributed by atoms with Crippen molar-refractivity contribution in [1.82, 2.24) is 10.2 Å². The molecule has 4 nitrogen and oxygen atoms in total. The molecule has 112 valence electrons. The minimum Gasteiger partial charge on any atom is -0.322 e. The summed E-state index contributed by atoms with van der Waals surface area (Å²) in [5.41, 5.74) is 0.0133. The summed E-state index contributed by atoms with van der Waals surface area (Å²) in [5, 5.41) is 5.70. The van der Waals surface area contributed by atoms with Crippen LogP contribution in [0, 0.1) is 11.6 Å². The molecule has 0 bridgehead atoms. The van der Waals surface area contributed by atoms with Crippen LogP contribution in [-0.2, 0) is 4.79 Å². The number of nitrogens with one attached hydrogen (secondary N) is 2. The van der Waals surface area contributed by atoms with Gasteiger partial charge in [0.15, 0.2) is 0 Å². The number of halogens is 3. The van der Waals surface area contributed by atoms with Crippen LogP contribution in [0.25, 0.3) is 0 Å². The fraction of sp³-hybridized carbons (Fsp3) is 0.462. The molecule has 0 radical (unpaired) electrons. The first kappa shape index (κ1) is 16.8. The molecule has 1 heterocycles. The zero-order valence-corrected chi connectivity index (χ0v) is 11.8. The van der Waals surface area contributed by atoms with Crippen LogP contribution in [0.5, 0.6) is 0 Å². The Kier molecular flexibility index (Phi) is 6.84. The number of rotatable bonds is 3. The number of benzene rings is 1. The Morgan fingerprint density at radius 1 is 1.30 bits per heavy atom. The van der Waals surface area contributed by atoms with Crippen LogP contribution in [0.15, 0.2) is 18.2 Å². The maximum absolute atomic E-state index is 13.4. The molecule has 0 aliphatic carbocycles. The van der Waals surface area contributed by atoms with Gasteiger partial charge in [0, 0.05) is 19.2 Å². The molecule has 1 aromatic carbocycles. The summed E-state index contributed by atoms with van der Waals surface area (Å²) in [7, 11) is 0. The quantitative estimate of drug-likeness (QED) is 0.892. The zero-order valence-electron chi connectivity index (χ0n) is 11.0. The van der Waals surface area contributed by atoms with Crippen molar-refractivity contribution < 1.29 is 13.6 Å². The molecule has 7 heteroatoms. The molecule has 1 fully saturated rings. The molecule has 2 N–H and O–H groups in total. The molecule has 20 heavy (non-hydrogen) atoms. The lowest BCUT2D eigenvalue weighted by Gasteiger charge is -2.18. The van der Waals surface area contributed by atoms with Gasteiger partial charge in [0.05, 0.1) is 12.2 Å². The number of amides is 1. The molecule has 0 aromatic heterocycles. The topological polar surface area (TPSA) is 44.4 Å². The van der Waals surface area contributed by atoms with E-state index < -0.39 is 11.6 Å². The predicted molar refractivity (Wildman–Crippen MR) is 76.2 cm³/mol. The van der Waals surface area contributed by atoms with E-state index in [1.165, 1.54) is 6.07 Å². The molecule has 0 saturated carbocycles. The highest BCUT2D eigenvalue weighted by Gasteiger charge is 2.14. The lowest BCUT2D eigenvalue weighted by Crippen LogP contribution is -2.35. The highest BCUT2D eigenvalue weighted by Crippen LogP contribution is 2.14. The molecule has 1 amide bonds. The summed E-state index contributed by atoms with van der Waals surface area (Å²) in [6.45, 7) is 3.65. The smallest absolute Gasteiger partial charge is 0.238 e. The number of carbonyl (C=O) groups is 1. The summed E-state index contributed by atoms with van der Waals surface area (Å²) >= 11 is 0. The fourth-order valence-corrected chi connectivity index (χ4v) is 2.04. The van der Waals surface area contributed by atoms with E-state index in [4.69, 9.17) is 0 Å². The largest absolute Gasteiger partial charge is 0.322 e. The molecule has 0 unspecified atom stereocenters. The molecule has 1 aromatic rings. The van der Waals surface area contributed by atoms with Gasteiger partial charge in [0.25, 0.3) is 0 Å². The Labute approximate surface area is 122 Å². The third kappa shape index (κ3) is 5.03. The standard InChI is InChI=1S/C13H17F2N3O.ClH/c14-10-2-3-12(11(15)8-10)17-13(19)9-18-6-1-4-16-5-7-18;/h2-3,8,16H,1,4-7,9H2,(H,17,19);1H. The maximum Gasteiger partial charge on any atom is 0.238 e. The minimum atomic E-state index is -0.758. The Hall–Kier alpha value is -1.24. The average molecular weight is 306 g/mol. The Morgan fingerprint density at radius 2 is 2.10 bits per heavy atom. The van der Waals surface area contributed by atoms with Crippen molar-refractivity contribution in [3.8, 4) is 0 Å². The number of carbonyl (C=O) groups excluding carboxylic acids is 1. The molecule has 2 rings (SSSR count). The number of hydrogen-bond acceptors (Lipinski definition) is 3. The number of hydrogen-bond donors (Lipinski definition) is 2. The molecule has 0 atom stereocenters. The van der Waals surface area contributed by atoms with Gasteiger partial charge in [-0.15, -0.1) is 12.4 Å². The second-order valence-corrected chi connectivity index (χ2v) is 4.55. The van der Waals surface area contributed by atoms with E-state index in [9.17, 15) is 13.6 Å². The van der Waals surface area contributed by atoms with Crippen molar-refractivity contribution >= 4 is 24.0 Å². The van der Waals surface area contributed by atoms with Gasteiger partial charge in [-0.2, -0.15) is 0 Å². The fourth-order valence-electron chi connectivity index (χ4n) is 2.04. The Bertz CT molecular complexity index is 451. The third-order valence-electron chi connectivity index (χ3n) is 3.01. The summed E-state index contributed by atoms with van der Waals surface area (Å²) in [5.74, 6) is -1.70. The Balaban J connectivity index is 0.00000200. The Morgan fingerprint density at radius 3 is 2.85 bits per heavy atom. The van der Waals surface area contributed by atoms with E-state index in [0.717, 1.165) is 44.7 Å². The first-order valence-corrected chi connectivity index (χ1v) is 6.33. The number of anilines is 1. The molecule has 0 spiro atoms. The van der Waals surface area contributed by atoms with Crippen molar-refractivity contribution in [3.63, 3.8) is 0 Å². The SMILES string of the molecule is Cl.O=C(CN1CCCNCC1)Nc1ccc(F)cc1F. The van der Waals surface area contributed by atoms with Crippen LogP contribution in [-0.4, -0.2) is 43.5 Å². The normalized spacial score (nSPS) is 16.1. The van der Waals surface area contributed by atoms with Crippen LogP contribution in [0.3, 0.4) is 0 Å². The van der Waals surface area contributed by atoms with E-state index >= 15 is 0 Å². The molecule has 1 aliphatic rings. The van der Waals surface area contributed by atoms with Gasteiger partial charge >= 0.3 is 0 Å². The van der Waals surface area contributed by atoms with Gasteiger partial charge in [-0.1, -0.05) is 0 Å². The van der Waals surface area contributed by atoms with E-state index in [0.29, 0.717) is 0 Å². The third-order valence-corrected chi connectivity index (χ3v) is 3.01. The maximum atomic E-state index is 13.4. The van der Waals surface area contributed by atoms with Crippen molar-refractivity contribution in [2.75, 3.05) is 38.0 Å². The molecule has 1 saturated heterocycles. The predicted octanol–water partition coefficient (Wildman–Crippen LogP) is 1.62. The highest BCUT2D eigenvalue weighted by molar-refractivity contribution is 5.92. The summed E-state index contributed by atoms with van der Waals surface area (Å²) in [4.78, 5) is 13.8. The van der Waals surface area contributed by atoms with E-state index in [1.807, 2.05) is 4.90 Å². The second kappa shape index (κ2) is 8.14. The van der Waals surface area contributed by atoms with Gasteiger partial charge in [-0.05, 0) is 31.6 Å². The van der Waals surface area contributed by atoms with E-state index in [-0.39, 0.29) is 30.5 Å². The second-order valence-electron chi connectivity index (χ2n) is 4.55. The lowest BCUT2D eigenvalue weighted by molar-refractivity contribution is -0.117. The van der Waals surface area contributed by atoms with Crippen LogP contribution in [0.2, 0.25) is 0 Å². The van der Waals surface area contributed by atoms with Crippen LogP contribution >= 0.6 is 12.4 Å². The summed E-state index contributed by atoms with van der Waals surface area (Å²) in [6.07, 6.45) is 0.984. The van der Waals surface area contributed by atoms with Crippen LogP contribution < -0.4 is 10.6 Å². The van der Waals surface area contributed by atoms with Crippen molar-refractivity contribution in [3.05, 3.63) is 29.8 Å². The molecular weight excluding hydrogens is 288 g/mol. The monoisotopic (exact) mass is 305 g/mol. The average Bonchev–Trinajstić information content (AvgIpc) is 2.61. The zero-order chi connectivity index (χ0) is 13.7. The van der Waals surface area contributed by atoms with Crippen molar-refractivity contribution in [2.24, 2.45) is 0 Å². The van der Waals surface area contributed by atoms with Crippen LogP contribution in [0.4, 0.5) is 14.5 Å². The highest BCUT2D eigenvalue weighted by atomic mass is 35.5. The molecular formula is C13H18ClF2N3O. The van der Waals surface area contributed by atoms with Crippen molar-refractivity contribution in [1.29, 1.82) is 0 Å². The minimum absolute atomic E-state index is 0. The van der Waals surface area contributed by atoms with Gasteiger partial charge in [-0.25, -0.2) is 8.78 Å². The summed E-state index contributed by atoms with van der Waals surface area (Å²) < 4.78 is 26.1. The summed E-state index contributed by atoms with van der Waals surface area (Å²) in [6, 6.07) is 3.10. The lowest BCUT2D eigenvalue weighted by atomic mass is 10.3. The van der Waals surface area contributed by atoms with Crippen LogP contribution in [0.1, 0.15) is 6.42 Å². The first-order chi connectivity index (χ1) is 9.15. The van der Waals surface area contributed by atoms with E-state index in [1.54, 1.807) is 0 Å². The molecule has 1 aliphatic heterocycles. The van der Waals surface area contributed by atoms with Gasteiger partial charge < -0.3 is 10.6 Å². The van der Waals surface area contributed by atoms with Gasteiger partial charge in [-0.3, -0.25) is 9.69 Å². The first-order valence-electron chi connectivity index (χ1n) is 6.33. The van der Waals surface area contributed by atoms with Gasteiger partial charge in [0.1, 0.15) is 11.6 Å².